The highest BCUT2D eigenvalue weighted by molar-refractivity contribution is 5.78. The minimum atomic E-state index is -0.598. The molecule has 1 aliphatic carbocycles. The number of amides is 2. The summed E-state index contributed by atoms with van der Waals surface area (Å²) in [6.45, 7) is 7.31. The molecule has 0 spiro atoms. The van der Waals surface area contributed by atoms with E-state index in [1.54, 1.807) is 24.3 Å². The van der Waals surface area contributed by atoms with Gasteiger partial charge in [-0.15, -0.1) is 0 Å². The van der Waals surface area contributed by atoms with Crippen LogP contribution in [0, 0.1) is 0 Å². The smallest absolute Gasteiger partial charge is 0.320 e. The zero-order valence-corrected chi connectivity index (χ0v) is 22.6. The second-order valence-electron chi connectivity index (χ2n) is 10.8. The Labute approximate surface area is 219 Å². The van der Waals surface area contributed by atoms with E-state index in [-0.39, 0.29) is 18.4 Å². The van der Waals surface area contributed by atoms with Gasteiger partial charge in [0.15, 0.2) is 0 Å². The van der Waals surface area contributed by atoms with E-state index in [9.17, 15) is 9.59 Å². The van der Waals surface area contributed by atoms with Crippen molar-refractivity contribution in [2.75, 3.05) is 38.7 Å². The van der Waals surface area contributed by atoms with Crippen LogP contribution in [0.1, 0.15) is 63.8 Å². The van der Waals surface area contributed by atoms with E-state index in [1.807, 2.05) is 31.7 Å². The molecule has 3 heterocycles. The molecular weight excluding hydrogens is 470 g/mol. The van der Waals surface area contributed by atoms with E-state index in [1.165, 1.54) is 12.8 Å². The molecule has 1 unspecified atom stereocenters. The van der Waals surface area contributed by atoms with Crippen molar-refractivity contribution < 1.29 is 19.1 Å². The van der Waals surface area contributed by atoms with Crippen LogP contribution in [0.3, 0.4) is 0 Å². The number of nitrogens with zero attached hydrogens (tertiary/aromatic N) is 5. The summed E-state index contributed by atoms with van der Waals surface area (Å²) in [4.78, 5) is 41.1. The molecule has 1 saturated carbocycles. The molecule has 0 aromatic carbocycles. The summed E-state index contributed by atoms with van der Waals surface area (Å²) in [5, 5.41) is 0. The lowest BCUT2D eigenvalue weighted by Gasteiger charge is -2.29. The molecule has 2 fully saturated rings. The Kier molecular flexibility index (Phi) is 8.19. The van der Waals surface area contributed by atoms with Crippen molar-refractivity contribution in [3.63, 3.8) is 0 Å². The van der Waals surface area contributed by atoms with Crippen LogP contribution in [-0.2, 0) is 16.0 Å². The molecule has 37 heavy (non-hydrogen) atoms. The number of carbonyl (C=O) groups is 2. The second-order valence-corrected chi connectivity index (χ2v) is 10.8. The lowest BCUT2D eigenvalue weighted by Crippen LogP contribution is -2.37. The first-order chi connectivity index (χ1) is 17.6. The molecule has 200 valence electrons. The maximum absolute atomic E-state index is 13.4. The van der Waals surface area contributed by atoms with Crippen LogP contribution in [0.5, 0.6) is 5.88 Å². The number of methoxy groups -OCH3 is 1. The normalized spacial score (nSPS) is 16.6. The summed E-state index contributed by atoms with van der Waals surface area (Å²) in [5.41, 5.74) is 1.22. The van der Waals surface area contributed by atoms with Crippen molar-refractivity contribution in [3.8, 4) is 5.88 Å². The standard InChI is InChI=1S/C28H39N5O4/c1-28(2,3)37-26(34)18-23(20-11-14-25(36-5)29-19-20)33-17-16-32(27(33)35)15-7-9-21-8-6-10-24(30-21)31(4)22-12-13-22/h6,8,10-11,14,19,22-23H,7,9,12-13,15-18H2,1-5H3. The fourth-order valence-electron chi connectivity index (χ4n) is 4.66. The average Bonchev–Trinajstić information content (AvgIpc) is 3.65. The predicted molar refractivity (Wildman–Crippen MR) is 142 cm³/mol. The van der Waals surface area contributed by atoms with Gasteiger partial charge < -0.3 is 24.2 Å². The van der Waals surface area contributed by atoms with Gasteiger partial charge in [-0.1, -0.05) is 12.1 Å². The Morgan fingerprint density at radius 1 is 1.19 bits per heavy atom. The van der Waals surface area contributed by atoms with Gasteiger partial charge in [-0.05, 0) is 64.2 Å². The zero-order chi connectivity index (χ0) is 26.6. The van der Waals surface area contributed by atoms with Crippen LogP contribution < -0.4 is 9.64 Å². The van der Waals surface area contributed by atoms with Gasteiger partial charge in [-0.3, -0.25) is 4.79 Å². The SMILES string of the molecule is COc1ccc(C(CC(=O)OC(C)(C)C)N2CCN(CCCc3cccc(N(C)C4CC4)n3)C2=O)cn1. The third-order valence-electron chi connectivity index (χ3n) is 6.75. The quantitative estimate of drug-likeness (QED) is 0.419. The van der Waals surface area contributed by atoms with Gasteiger partial charge in [0.1, 0.15) is 11.4 Å². The van der Waals surface area contributed by atoms with Crippen LogP contribution >= 0.6 is 0 Å². The summed E-state index contributed by atoms with van der Waals surface area (Å²) < 4.78 is 10.7. The number of anilines is 1. The Bertz CT molecular complexity index is 1080. The predicted octanol–water partition coefficient (Wildman–Crippen LogP) is 4.23. The van der Waals surface area contributed by atoms with Gasteiger partial charge in [0, 0.05) is 50.7 Å². The van der Waals surface area contributed by atoms with Crippen LogP contribution in [-0.4, -0.2) is 77.2 Å². The maximum Gasteiger partial charge on any atom is 0.320 e. The number of hydrogen-bond acceptors (Lipinski definition) is 7. The first-order valence-corrected chi connectivity index (χ1v) is 13.1. The van der Waals surface area contributed by atoms with Gasteiger partial charge in [0.25, 0.3) is 0 Å². The number of pyridine rings is 2. The van der Waals surface area contributed by atoms with Crippen molar-refractivity contribution in [3.05, 3.63) is 47.8 Å². The minimum absolute atomic E-state index is 0.0656. The van der Waals surface area contributed by atoms with Crippen molar-refractivity contribution in [2.45, 2.75) is 70.6 Å². The molecule has 2 amide bonds. The molecule has 1 aliphatic heterocycles. The zero-order valence-electron chi connectivity index (χ0n) is 22.6. The van der Waals surface area contributed by atoms with Gasteiger partial charge >= 0.3 is 12.0 Å². The van der Waals surface area contributed by atoms with E-state index >= 15 is 0 Å². The third-order valence-corrected chi connectivity index (χ3v) is 6.75. The Hall–Kier alpha value is -3.36. The van der Waals surface area contributed by atoms with E-state index < -0.39 is 11.6 Å². The first kappa shape index (κ1) is 26.7. The number of ether oxygens (including phenoxy) is 2. The maximum atomic E-state index is 13.4. The minimum Gasteiger partial charge on any atom is -0.481 e. The van der Waals surface area contributed by atoms with Gasteiger partial charge in [-0.25, -0.2) is 14.8 Å². The van der Waals surface area contributed by atoms with Crippen LogP contribution in [0.4, 0.5) is 10.6 Å². The second kappa shape index (κ2) is 11.4. The number of hydrogen-bond donors (Lipinski definition) is 0. The molecule has 1 saturated heterocycles. The largest absolute Gasteiger partial charge is 0.481 e. The molecule has 0 N–H and O–H groups in total. The van der Waals surface area contributed by atoms with Crippen molar-refractivity contribution >= 4 is 17.8 Å². The highest BCUT2D eigenvalue weighted by atomic mass is 16.6. The molecule has 9 heteroatoms. The number of aromatic nitrogens is 2. The Morgan fingerprint density at radius 3 is 2.62 bits per heavy atom. The molecule has 1 atom stereocenters. The molecule has 2 aromatic rings. The monoisotopic (exact) mass is 509 g/mol. The first-order valence-electron chi connectivity index (χ1n) is 13.1. The van der Waals surface area contributed by atoms with Gasteiger partial charge in [0.05, 0.1) is 19.6 Å². The fraction of sp³-hybridized carbons (Fsp3) is 0.571. The molecule has 9 nitrogen and oxygen atoms in total. The van der Waals surface area contributed by atoms with Gasteiger partial charge in [0.2, 0.25) is 5.88 Å². The number of esters is 1. The molecule has 0 radical (unpaired) electrons. The lowest BCUT2D eigenvalue weighted by molar-refractivity contribution is -0.156. The van der Waals surface area contributed by atoms with E-state index in [4.69, 9.17) is 14.5 Å². The van der Waals surface area contributed by atoms with Crippen molar-refractivity contribution in [1.29, 1.82) is 0 Å². The highest BCUT2D eigenvalue weighted by Crippen LogP contribution is 2.31. The van der Waals surface area contributed by atoms with Crippen molar-refractivity contribution in [1.82, 2.24) is 19.8 Å². The number of rotatable bonds is 11. The fourth-order valence-corrected chi connectivity index (χ4v) is 4.66. The van der Waals surface area contributed by atoms with E-state index in [2.05, 4.69) is 35.1 Å². The van der Waals surface area contributed by atoms with Crippen LogP contribution in [0.2, 0.25) is 0 Å². The van der Waals surface area contributed by atoms with Crippen LogP contribution in [0.25, 0.3) is 0 Å². The molecule has 2 aromatic heterocycles. The number of carbonyl (C=O) groups excluding carboxylic acids is 2. The highest BCUT2D eigenvalue weighted by Gasteiger charge is 2.36. The number of aryl methyl sites for hydroxylation is 1. The van der Waals surface area contributed by atoms with E-state index in [0.717, 1.165) is 29.9 Å². The molecule has 4 rings (SSSR count). The topological polar surface area (TPSA) is 88.1 Å². The lowest BCUT2D eigenvalue weighted by atomic mass is 10.0. The molecule has 2 aliphatic rings. The summed E-state index contributed by atoms with van der Waals surface area (Å²) in [7, 11) is 3.66. The molecular formula is C28H39N5O4. The summed E-state index contributed by atoms with van der Waals surface area (Å²) in [5.74, 6) is 1.15. The third kappa shape index (κ3) is 7.11. The summed E-state index contributed by atoms with van der Waals surface area (Å²) in [6.07, 6.45) is 5.83. The average molecular weight is 510 g/mol. The number of urea groups is 1. The Morgan fingerprint density at radius 2 is 1.97 bits per heavy atom. The van der Waals surface area contributed by atoms with E-state index in [0.29, 0.717) is 31.6 Å². The Balaban J connectivity index is 1.38. The van der Waals surface area contributed by atoms with Crippen molar-refractivity contribution in [2.24, 2.45) is 0 Å². The summed E-state index contributed by atoms with van der Waals surface area (Å²) >= 11 is 0. The summed E-state index contributed by atoms with van der Waals surface area (Å²) in [6, 6.07) is 9.86. The van der Waals surface area contributed by atoms with Crippen LogP contribution in [0.15, 0.2) is 36.5 Å². The van der Waals surface area contributed by atoms with Gasteiger partial charge in [-0.2, -0.15) is 0 Å². The molecule has 0 bridgehead atoms.